The number of rotatable bonds is 5. The van der Waals surface area contributed by atoms with Crippen LogP contribution in [0.1, 0.15) is 39.4 Å². The molecule has 5 heteroatoms. The first-order chi connectivity index (χ1) is 9.85. The van der Waals surface area contributed by atoms with Gasteiger partial charge in [-0.15, -0.1) is 0 Å². The first-order valence-corrected chi connectivity index (χ1v) is 6.52. The van der Waals surface area contributed by atoms with Crippen molar-refractivity contribution >= 4 is 11.9 Å². The summed E-state index contributed by atoms with van der Waals surface area (Å²) >= 11 is 0. The van der Waals surface area contributed by atoms with Crippen molar-refractivity contribution in [2.75, 3.05) is 7.11 Å². The van der Waals surface area contributed by atoms with E-state index in [2.05, 4.69) is 0 Å². The fraction of sp³-hybridized carbons (Fsp3) is 0.375. The second kappa shape index (κ2) is 7.47. The molecule has 0 aromatic heterocycles. The fourth-order valence-electron chi connectivity index (χ4n) is 1.88. The molecule has 0 aliphatic rings. The minimum atomic E-state index is -0.682. The van der Waals surface area contributed by atoms with Gasteiger partial charge in [0.1, 0.15) is 11.5 Å². The van der Waals surface area contributed by atoms with Gasteiger partial charge in [-0.3, -0.25) is 9.59 Å². The van der Waals surface area contributed by atoms with Crippen LogP contribution in [0.4, 0.5) is 0 Å². The second-order valence-electron chi connectivity index (χ2n) is 4.74. The molecule has 0 aliphatic heterocycles. The molecule has 21 heavy (non-hydrogen) atoms. The zero-order chi connectivity index (χ0) is 16.0. The number of allylic oxidation sites excluding steroid dienone is 1. The Labute approximate surface area is 124 Å². The van der Waals surface area contributed by atoms with Gasteiger partial charge >= 0.3 is 11.9 Å². The molecule has 0 spiro atoms. The van der Waals surface area contributed by atoms with Crippen LogP contribution in [0, 0.1) is 0 Å². The molecular weight excluding hydrogens is 272 g/mol. The first kappa shape index (κ1) is 16.8. The minimum Gasteiger partial charge on any atom is -0.496 e. The van der Waals surface area contributed by atoms with Gasteiger partial charge in [-0.25, -0.2) is 0 Å². The summed E-state index contributed by atoms with van der Waals surface area (Å²) in [5.41, 5.74) is 1.47. The van der Waals surface area contributed by atoms with Gasteiger partial charge < -0.3 is 14.2 Å². The molecule has 0 radical (unpaired) electrons. The molecule has 1 atom stereocenters. The molecule has 0 fully saturated rings. The van der Waals surface area contributed by atoms with Crippen LogP contribution in [0.5, 0.6) is 11.5 Å². The largest absolute Gasteiger partial charge is 0.496 e. The maximum absolute atomic E-state index is 11.3. The van der Waals surface area contributed by atoms with E-state index in [4.69, 9.17) is 14.2 Å². The van der Waals surface area contributed by atoms with E-state index in [-0.39, 0.29) is 0 Å². The number of benzene rings is 1. The van der Waals surface area contributed by atoms with Crippen molar-refractivity contribution in [2.45, 2.75) is 33.8 Å². The third-order valence-electron chi connectivity index (χ3n) is 2.56. The van der Waals surface area contributed by atoms with Gasteiger partial charge in [0.2, 0.25) is 0 Å². The Kier molecular flexibility index (Phi) is 5.96. The predicted molar refractivity (Wildman–Crippen MR) is 78.2 cm³/mol. The van der Waals surface area contributed by atoms with Crippen LogP contribution in [0.2, 0.25) is 0 Å². The number of esters is 2. The molecule has 114 valence electrons. The topological polar surface area (TPSA) is 61.8 Å². The minimum absolute atomic E-state index is 0.311. The normalized spacial score (nSPS) is 11.3. The van der Waals surface area contributed by atoms with E-state index in [1.54, 1.807) is 24.3 Å². The lowest BCUT2D eigenvalue weighted by atomic mass is 10.0. The Morgan fingerprint density at radius 1 is 1.05 bits per heavy atom. The Morgan fingerprint density at radius 3 is 2.14 bits per heavy atom. The lowest BCUT2D eigenvalue weighted by molar-refractivity contribution is -0.144. The predicted octanol–water partition coefficient (Wildman–Crippen LogP) is 3.19. The van der Waals surface area contributed by atoms with E-state index >= 15 is 0 Å². The molecule has 0 saturated heterocycles. The van der Waals surface area contributed by atoms with Crippen LogP contribution in [0.3, 0.4) is 0 Å². The molecule has 0 amide bonds. The highest BCUT2D eigenvalue weighted by molar-refractivity contribution is 5.71. The Balaban J connectivity index is 3.41. The van der Waals surface area contributed by atoms with Gasteiger partial charge in [0.25, 0.3) is 0 Å². The van der Waals surface area contributed by atoms with Crippen molar-refractivity contribution < 1.29 is 23.8 Å². The van der Waals surface area contributed by atoms with Crippen molar-refractivity contribution in [3.63, 3.8) is 0 Å². The summed E-state index contributed by atoms with van der Waals surface area (Å²) in [7, 11) is 1.50. The van der Waals surface area contributed by atoms with E-state index < -0.39 is 18.0 Å². The number of ether oxygens (including phenoxy) is 3. The highest BCUT2D eigenvalue weighted by Gasteiger charge is 2.23. The number of carbonyl (C=O) groups is 2. The summed E-state index contributed by atoms with van der Waals surface area (Å²) in [6, 6.07) is 5.06. The summed E-state index contributed by atoms with van der Waals surface area (Å²) in [6.45, 7) is 6.41. The van der Waals surface area contributed by atoms with Crippen molar-refractivity contribution in [1.82, 2.24) is 0 Å². The highest BCUT2D eigenvalue weighted by Crippen LogP contribution is 2.37. The van der Waals surface area contributed by atoms with E-state index in [0.29, 0.717) is 17.1 Å². The fourth-order valence-corrected chi connectivity index (χ4v) is 1.88. The number of carbonyl (C=O) groups excluding carboxylic acids is 2. The molecule has 0 N–H and O–H groups in total. The molecule has 1 rings (SSSR count). The lowest BCUT2D eigenvalue weighted by Gasteiger charge is -2.20. The van der Waals surface area contributed by atoms with Crippen molar-refractivity contribution in [1.29, 1.82) is 0 Å². The van der Waals surface area contributed by atoms with Gasteiger partial charge in [-0.1, -0.05) is 11.6 Å². The summed E-state index contributed by atoms with van der Waals surface area (Å²) in [5, 5.41) is 0. The van der Waals surface area contributed by atoms with E-state index in [1.165, 1.54) is 21.0 Å². The smallest absolute Gasteiger partial charge is 0.308 e. The maximum Gasteiger partial charge on any atom is 0.308 e. The molecule has 0 bridgehead atoms. The van der Waals surface area contributed by atoms with Crippen LogP contribution in [-0.4, -0.2) is 19.0 Å². The summed E-state index contributed by atoms with van der Waals surface area (Å²) in [5.74, 6) is -0.0939. The third-order valence-corrected chi connectivity index (χ3v) is 2.56. The van der Waals surface area contributed by atoms with E-state index in [9.17, 15) is 9.59 Å². The molecule has 1 unspecified atom stereocenters. The molecule has 0 saturated carbocycles. The zero-order valence-electron chi connectivity index (χ0n) is 12.9. The maximum atomic E-state index is 11.3. The number of hydrogen-bond donors (Lipinski definition) is 0. The summed E-state index contributed by atoms with van der Waals surface area (Å²) < 4.78 is 15.8. The Bertz CT molecular complexity index is 556. The third kappa shape index (κ3) is 4.95. The monoisotopic (exact) mass is 292 g/mol. The Morgan fingerprint density at radius 2 is 1.67 bits per heavy atom. The molecular formula is C16H20O5. The molecule has 1 aromatic rings. The zero-order valence-corrected chi connectivity index (χ0v) is 12.9. The summed E-state index contributed by atoms with van der Waals surface area (Å²) in [4.78, 5) is 22.6. The Hall–Kier alpha value is -2.30. The van der Waals surface area contributed by atoms with Crippen LogP contribution < -0.4 is 9.47 Å². The van der Waals surface area contributed by atoms with Crippen LogP contribution in [0.25, 0.3) is 0 Å². The molecule has 5 nitrogen and oxygen atoms in total. The van der Waals surface area contributed by atoms with E-state index in [1.807, 2.05) is 13.8 Å². The van der Waals surface area contributed by atoms with Gasteiger partial charge in [0.05, 0.1) is 12.7 Å². The molecule has 0 heterocycles. The first-order valence-electron chi connectivity index (χ1n) is 6.52. The van der Waals surface area contributed by atoms with Gasteiger partial charge in [-0.05, 0) is 32.1 Å². The summed E-state index contributed by atoms with van der Waals surface area (Å²) in [6.07, 6.45) is 1.09. The quantitative estimate of drug-likeness (QED) is 0.474. The van der Waals surface area contributed by atoms with Crippen LogP contribution in [-0.2, 0) is 14.3 Å². The number of methoxy groups -OCH3 is 1. The van der Waals surface area contributed by atoms with Crippen LogP contribution in [0.15, 0.2) is 29.8 Å². The van der Waals surface area contributed by atoms with E-state index in [0.717, 1.165) is 5.57 Å². The average Bonchev–Trinajstić information content (AvgIpc) is 2.35. The number of hydrogen-bond acceptors (Lipinski definition) is 5. The van der Waals surface area contributed by atoms with Gasteiger partial charge in [-0.2, -0.15) is 0 Å². The van der Waals surface area contributed by atoms with Crippen LogP contribution >= 0.6 is 0 Å². The van der Waals surface area contributed by atoms with Crippen molar-refractivity contribution in [3.05, 3.63) is 35.4 Å². The lowest BCUT2D eigenvalue weighted by Crippen LogP contribution is -2.12. The van der Waals surface area contributed by atoms with Crippen molar-refractivity contribution in [3.8, 4) is 11.5 Å². The average molecular weight is 292 g/mol. The molecule has 0 aliphatic carbocycles. The van der Waals surface area contributed by atoms with Gasteiger partial charge in [0, 0.05) is 13.8 Å². The molecule has 1 aromatic carbocycles. The second-order valence-corrected chi connectivity index (χ2v) is 4.74. The van der Waals surface area contributed by atoms with Gasteiger partial charge in [0.15, 0.2) is 6.10 Å². The van der Waals surface area contributed by atoms with Crippen molar-refractivity contribution in [2.24, 2.45) is 0 Å². The SMILES string of the molecule is COc1cccc(OC(C)=O)c1C(C=C(C)C)OC(C)=O. The standard InChI is InChI=1S/C16H20O5/c1-10(2)9-15(21-12(4)18)16-13(19-5)7-6-8-14(16)20-11(3)17/h6-9,15H,1-5H3. The highest BCUT2D eigenvalue weighted by atomic mass is 16.6.